The molecule has 76 valence electrons. The largest absolute Gasteiger partial charge is 0.329 e. The molecule has 1 saturated heterocycles. The lowest BCUT2D eigenvalue weighted by molar-refractivity contribution is 0.0231. The molecule has 0 aromatic heterocycles. The standard InChI is InChI=1S/C11H22N2/c1-10(2)7-9(10)11(3,8-12)13-5-4-6-13/h9H,4-8,12H2,1-3H3. The van der Waals surface area contributed by atoms with Crippen molar-refractivity contribution in [1.82, 2.24) is 4.90 Å². The van der Waals surface area contributed by atoms with E-state index in [1.807, 2.05) is 0 Å². The van der Waals surface area contributed by atoms with E-state index in [2.05, 4.69) is 25.7 Å². The molecule has 13 heavy (non-hydrogen) atoms. The van der Waals surface area contributed by atoms with Gasteiger partial charge in [0.2, 0.25) is 0 Å². The number of hydrogen-bond acceptors (Lipinski definition) is 2. The van der Waals surface area contributed by atoms with Gasteiger partial charge >= 0.3 is 0 Å². The molecule has 0 bridgehead atoms. The predicted molar refractivity (Wildman–Crippen MR) is 55.5 cm³/mol. The maximum absolute atomic E-state index is 5.94. The minimum absolute atomic E-state index is 0.293. The molecule has 0 radical (unpaired) electrons. The summed E-state index contributed by atoms with van der Waals surface area (Å²) >= 11 is 0. The van der Waals surface area contributed by atoms with Crippen LogP contribution in [0.5, 0.6) is 0 Å². The van der Waals surface area contributed by atoms with E-state index < -0.39 is 0 Å². The lowest BCUT2D eigenvalue weighted by atomic mass is 9.86. The summed E-state index contributed by atoms with van der Waals surface area (Å²) < 4.78 is 0. The van der Waals surface area contributed by atoms with Crippen LogP contribution in [0.4, 0.5) is 0 Å². The zero-order valence-electron chi connectivity index (χ0n) is 9.14. The van der Waals surface area contributed by atoms with Gasteiger partial charge in [-0.05, 0) is 44.2 Å². The minimum Gasteiger partial charge on any atom is -0.329 e. The van der Waals surface area contributed by atoms with Gasteiger partial charge in [0.05, 0.1) is 0 Å². The highest BCUT2D eigenvalue weighted by molar-refractivity contribution is 5.11. The minimum atomic E-state index is 0.293. The van der Waals surface area contributed by atoms with Crippen molar-refractivity contribution in [1.29, 1.82) is 0 Å². The van der Waals surface area contributed by atoms with Crippen molar-refractivity contribution in [2.75, 3.05) is 19.6 Å². The van der Waals surface area contributed by atoms with Gasteiger partial charge in [-0.3, -0.25) is 4.90 Å². The van der Waals surface area contributed by atoms with Crippen LogP contribution in [0.25, 0.3) is 0 Å². The Morgan fingerprint density at radius 3 is 2.23 bits per heavy atom. The van der Waals surface area contributed by atoms with Crippen LogP contribution < -0.4 is 5.73 Å². The van der Waals surface area contributed by atoms with Crippen molar-refractivity contribution in [2.24, 2.45) is 17.1 Å². The zero-order valence-corrected chi connectivity index (χ0v) is 9.14. The van der Waals surface area contributed by atoms with E-state index in [9.17, 15) is 0 Å². The molecule has 1 aliphatic carbocycles. The van der Waals surface area contributed by atoms with Gasteiger partial charge in [0.1, 0.15) is 0 Å². The Hall–Kier alpha value is -0.0800. The molecule has 2 rings (SSSR count). The maximum atomic E-state index is 5.94. The van der Waals surface area contributed by atoms with Crippen LogP contribution in [-0.4, -0.2) is 30.1 Å². The molecule has 0 spiro atoms. The highest BCUT2D eigenvalue weighted by Gasteiger charge is 2.57. The second-order valence-electron chi connectivity index (χ2n) is 5.65. The first-order valence-electron chi connectivity index (χ1n) is 5.46. The SMILES string of the molecule is CC1(C)CC1C(C)(CN)N1CCC1. The van der Waals surface area contributed by atoms with Gasteiger partial charge in [0.15, 0.2) is 0 Å². The Kier molecular flexibility index (Phi) is 1.97. The summed E-state index contributed by atoms with van der Waals surface area (Å²) in [6.07, 6.45) is 2.72. The third kappa shape index (κ3) is 1.31. The molecule has 0 amide bonds. The van der Waals surface area contributed by atoms with Crippen molar-refractivity contribution in [3.63, 3.8) is 0 Å². The third-order valence-corrected chi connectivity index (χ3v) is 4.26. The highest BCUT2D eigenvalue weighted by atomic mass is 15.3. The fourth-order valence-electron chi connectivity index (χ4n) is 2.85. The van der Waals surface area contributed by atoms with Gasteiger partial charge < -0.3 is 5.73 Å². The smallest absolute Gasteiger partial charge is 0.0336 e. The summed E-state index contributed by atoms with van der Waals surface area (Å²) in [5.41, 5.74) is 6.78. The van der Waals surface area contributed by atoms with Crippen LogP contribution in [0.3, 0.4) is 0 Å². The summed E-state index contributed by atoms with van der Waals surface area (Å²) in [6.45, 7) is 10.4. The number of nitrogens with zero attached hydrogens (tertiary/aromatic N) is 1. The summed E-state index contributed by atoms with van der Waals surface area (Å²) in [5.74, 6) is 0.824. The fourth-order valence-corrected chi connectivity index (χ4v) is 2.85. The Labute approximate surface area is 81.5 Å². The van der Waals surface area contributed by atoms with E-state index in [1.165, 1.54) is 25.9 Å². The molecule has 1 heterocycles. The lowest BCUT2D eigenvalue weighted by Crippen LogP contribution is -2.59. The van der Waals surface area contributed by atoms with Crippen LogP contribution in [-0.2, 0) is 0 Å². The second kappa shape index (κ2) is 2.71. The molecule has 2 atom stereocenters. The van der Waals surface area contributed by atoms with Crippen LogP contribution >= 0.6 is 0 Å². The van der Waals surface area contributed by atoms with E-state index in [0.717, 1.165) is 12.5 Å². The zero-order chi connectivity index (χ0) is 9.69. The molecule has 0 aromatic carbocycles. The lowest BCUT2D eigenvalue weighted by Gasteiger charge is -2.47. The monoisotopic (exact) mass is 182 g/mol. The van der Waals surface area contributed by atoms with E-state index in [4.69, 9.17) is 5.73 Å². The quantitative estimate of drug-likeness (QED) is 0.716. The average Bonchev–Trinajstić information content (AvgIpc) is 2.56. The van der Waals surface area contributed by atoms with Crippen LogP contribution in [0.2, 0.25) is 0 Å². The summed E-state index contributed by atoms with van der Waals surface area (Å²) in [5, 5.41) is 0. The van der Waals surface area contributed by atoms with Gasteiger partial charge in [-0.2, -0.15) is 0 Å². The van der Waals surface area contributed by atoms with Crippen molar-refractivity contribution >= 4 is 0 Å². The van der Waals surface area contributed by atoms with E-state index in [-0.39, 0.29) is 0 Å². The number of rotatable bonds is 3. The number of nitrogens with two attached hydrogens (primary N) is 1. The molecule has 2 fully saturated rings. The second-order valence-corrected chi connectivity index (χ2v) is 5.65. The van der Waals surface area contributed by atoms with E-state index in [1.54, 1.807) is 0 Å². The average molecular weight is 182 g/mol. The Morgan fingerprint density at radius 2 is 2.00 bits per heavy atom. The van der Waals surface area contributed by atoms with Gasteiger partial charge in [-0.1, -0.05) is 13.8 Å². The van der Waals surface area contributed by atoms with Gasteiger partial charge in [0.25, 0.3) is 0 Å². The van der Waals surface area contributed by atoms with Gasteiger partial charge in [0, 0.05) is 12.1 Å². The molecule has 1 aliphatic heterocycles. The molecule has 2 N–H and O–H groups in total. The molecule has 1 saturated carbocycles. The van der Waals surface area contributed by atoms with Crippen LogP contribution in [0.1, 0.15) is 33.6 Å². The van der Waals surface area contributed by atoms with Crippen LogP contribution in [0.15, 0.2) is 0 Å². The topological polar surface area (TPSA) is 29.3 Å². The summed E-state index contributed by atoms with van der Waals surface area (Å²) in [6, 6.07) is 0. The van der Waals surface area contributed by atoms with E-state index >= 15 is 0 Å². The van der Waals surface area contributed by atoms with Crippen molar-refractivity contribution in [3.8, 4) is 0 Å². The van der Waals surface area contributed by atoms with Crippen molar-refractivity contribution in [2.45, 2.75) is 39.2 Å². The number of hydrogen-bond donors (Lipinski definition) is 1. The number of likely N-dealkylation sites (tertiary alicyclic amines) is 1. The highest BCUT2D eigenvalue weighted by Crippen LogP contribution is 2.58. The van der Waals surface area contributed by atoms with Gasteiger partial charge in [-0.15, -0.1) is 0 Å². The third-order valence-electron chi connectivity index (χ3n) is 4.26. The molecule has 0 aromatic rings. The maximum Gasteiger partial charge on any atom is 0.0336 e. The first-order chi connectivity index (χ1) is 6.00. The molecular formula is C11H22N2. The summed E-state index contributed by atoms with van der Waals surface area (Å²) in [4.78, 5) is 2.58. The Morgan fingerprint density at radius 1 is 1.46 bits per heavy atom. The normalized spacial score (nSPS) is 36.5. The molecule has 2 unspecified atom stereocenters. The molecular weight excluding hydrogens is 160 g/mol. The van der Waals surface area contributed by atoms with Crippen LogP contribution in [0, 0.1) is 11.3 Å². The van der Waals surface area contributed by atoms with Gasteiger partial charge in [-0.25, -0.2) is 0 Å². The predicted octanol–water partition coefficient (Wildman–Crippen LogP) is 1.46. The Bertz CT molecular complexity index is 208. The first-order valence-corrected chi connectivity index (χ1v) is 5.46. The Balaban J connectivity index is 2.07. The molecule has 2 aliphatic rings. The molecule has 2 nitrogen and oxygen atoms in total. The molecule has 2 heteroatoms. The van der Waals surface area contributed by atoms with Crippen molar-refractivity contribution < 1.29 is 0 Å². The van der Waals surface area contributed by atoms with E-state index in [0.29, 0.717) is 11.0 Å². The first kappa shape index (κ1) is 9.47. The summed E-state index contributed by atoms with van der Waals surface area (Å²) in [7, 11) is 0. The van der Waals surface area contributed by atoms with Crippen molar-refractivity contribution in [3.05, 3.63) is 0 Å². The fraction of sp³-hybridized carbons (Fsp3) is 1.00.